The lowest BCUT2D eigenvalue weighted by Crippen LogP contribution is -2.23. The van der Waals surface area contributed by atoms with Crippen molar-refractivity contribution < 1.29 is 9.47 Å². The van der Waals surface area contributed by atoms with Crippen LogP contribution in [0.1, 0.15) is 31.0 Å². The van der Waals surface area contributed by atoms with Gasteiger partial charge in [0.25, 0.3) is 0 Å². The molecule has 1 aliphatic heterocycles. The molecule has 1 aliphatic rings. The molecule has 2 aromatic rings. The van der Waals surface area contributed by atoms with E-state index in [1.54, 1.807) is 7.05 Å². The van der Waals surface area contributed by atoms with Gasteiger partial charge in [-0.15, -0.1) is 0 Å². The number of nitrogens with one attached hydrogen (secondary N) is 2. The van der Waals surface area contributed by atoms with E-state index in [4.69, 9.17) is 38.4 Å². The summed E-state index contributed by atoms with van der Waals surface area (Å²) < 4.78 is 13.4. The number of aromatic nitrogens is 4. The van der Waals surface area contributed by atoms with Gasteiger partial charge in [-0.05, 0) is 37.8 Å². The Labute approximate surface area is 173 Å². The highest BCUT2D eigenvalue weighted by Gasteiger charge is 2.23. The predicted molar refractivity (Wildman–Crippen MR) is 111 cm³/mol. The zero-order chi connectivity index (χ0) is 20.1. The van der Waals surface area contributed by atoms with Crippen LogP contribution in [0.4, 0.5) is 17.3 Å². The molecule has 1 unspecified atom stereocenters. The molecular weight excluding hydrogens is 405 g/mol. The molecule has 0 amide bonds. The van der Waals surface area contributed by atoms with E-state index in [0.29, 0.717) is 54.4 Å². The largest absolute Gasteiger partial charge is 0.476 e. The SMILES string of the molecule is CNc1nc(Cl)nc(NCCCOc2c(N)c(C)nn2C2CCCOC2)c1Cl. The summed E-state index contributed by atoms with van der Waals surface area (Å²) in [6, 6.07) is 0.153. The van der Waals surface area contributed by atoms with Crippen LogP contribution in [0.2, 0.25) is 10.3 Å². The van der Waals surface area contributed by atoms with Crippen molar-refractivity contribution in [2.45, 2.75) is 32.2 Å². The van der Waals surface area contributed by atoms with E-state index in [9.17, 15) is 0 Å². The number of hydrogen-bond acceptors (Lipinski definition) is 8. The fourth-order valence-corrected chi connectivity index (χ4v) is 3.41. The molecule has 0 aromatic carbocycles. The van der Waals surface area contributed by atoms with Crippen molar-refractivity contribution in [1.29, 1.82) is 0 Å². The van der Waals surface area contributed by atoms with Crippen molar-refractivity contribution in [3.63, 3.8) is 0 Å². The van der Waals surface area contributed by atoms with Crippen molar-refractivity contribution in [2.75, 3.05) is 49.8 Å². The summed E-state index contributed by atoms with van der Waals surface area (Å²) in [6.45, 7) is 4.35. The van der Waals surface area contributed by atoms with E-state index >= 15 is 0 Å². The maximum atomic E-state index is 6.24. The molecule has 11 heteroatoms. The van der Waals surface area contributed by atoms with Gasteiger partial charge >= 0.3 is 0 Å². The van der Waals surface area contributed by atoms with Gasteiger partial charge in [0, 0.05) is 20.2 Å². The Hall–Kier alpha value is -1.97. The predicted octanol–water partition coefficient (Wildman–Crippen LogP) is 3.14. The first kappa shape index (κ1) is 20.8. The van der Waals surface area contributed by atoms with Crippen LogP contribution >= 0.6 is 23.2 Å². The van der Waals surface area contributed by atoms with Crippen molar-refractivity contribution in [3.8, 4) is 5.88 Å². The number of nitrogens with zero attached hydrogens (tertiary/aromatic N) is 4. The molecule has 28 heavy (non-hydrogen) atoms. The highest BCUT2D eigenvalue weighted by molar-refractivity contribution is 6.36. The average molecular weight is 430 g/mol. The van der Waals surface area contributed by atoms with Crippen molar-refractivity contribution in [1.82, 2.24) is 19.7 Å². The second kappa shape index (κ2) is 9.49. The summed E-state index contributed by atoms with van der Waals surface area (Å²) in [6.07, 6.45) is 2.71. The molecular formula is C17H25Cl2N7O2. The molecule has 0 aliphatic carbocycles. The van der Waals surface area contributed by atoms with Gasteiger partial charge in [-0.3, -0.25) is 0 Å². The van der Waals surface area contributed by atoms with Crippen LogP contribution in [0.5, 0.6) is 5.88 Å². The average Bonchev–Trinajstić information content (AvgIpc) is 2.99. The second-order valence-corrected chi connectivity index (χ2v) is 7.22. The number of aryl methyl sites for hydroxylation is 1. The van der Waals surface area contributed by atoms with Crippen molar-refractivity contribution in [3.05, 3.63) is 16.0 Å². The topological polar surface area (TPSA) is 112 Å². The molecule has 1 atom stereocenters. The number of nitrogens with two attached hydrogens (primary N) is 1. The molecule has 154 valence electrons. The molecule has 0 bridgehead atoms. The molecule has 0 saturated carbocycles. The summed E-state index contributed by atoms with van der Waals surface area (Å²) in [5.41, 5.74) is 7.50. The smallest absolute Gasteiger partial charge is 0.236 e. The maximum absolute atomic E-state index is 6.24. The second-order valence-electron chi connectivity index (χ2n) is 6.50. The van der Waals surface area contributed by atoms with Gasteiger partial charge in [0.2, 0.25) is 11.2 Å². The van der Waals surface area contributed by atoms with Gasteiger partial charge in [0.05, 0.1) is 24.9 Å². The molecule has 4 N–H and O–H groups in total. The third kappa shape index (κ3) is 4.71. The molecule has 9 nitrogen and oxygen atoms in total. The first-order chi connectivity index (χ1) is 13.5. The van der Waals surface area contributed by atoms with Gasteiger partial charge < -0.3 is 25.8 Å². The Bertz CT molecular complexity index is 809. The number of nitrogen functional groups attached to an aromatic ring is 1. The van der Waals surface area contributed by atoms with Gasteiger partial charge in [-0.25, -0.2) is 4.68 Å². The number of rotatable bonds is 8. The van der Waals surface area contributed by atoms with Crippen LogP contribution in [-0.2, 0) is 4.74 Å². The standard InChI is InChI=1S/C17H25Cl2N7O2/c1-10-13(20)16(26(25-10)11-5-3-7-27-9-11)28-8-4-6-22-15-12(18)14(21-2)23-17(19)24-15/h11H,3-9,20H2,1-2H3,(H2,21,22,23,24). The monoisotopic (exact) mass is 429 g/mol. The van der Waals surface area contributed by atoms with Gasteiger partial charge in [0.1, 0.15) is 10.7 Å². The van der Waals surface area contributed by atoms with E-state index in [1.165, 1.54) is 0 Å². The minimum atomic E-state index is 0.120. The molecule has 2 aromatic heterocycles. The number of halogens is 2. The third-order valence-electron chi connectivity index (χ3n) is 4.48. The molecule has 3 heterocycles. The zero-order valence-electron chi connectivity index (χ0n) is 16.0. The Morgan fingerprint density at radius 2 is 2.11 bits per heavy atom. The highest BCUT2D eigenvalue weighted by atomic mass is 35.5. The van der Waals surface area contributed by atoms with Crippen molar-refractivity contribution in [2.24, 2.45) is 0 Å². The molecule has 0 radical (unpaired) electrons. The fraction of sp³-hybridized carbons (Fsp3) is 0.588. The van der Waals surface area contributed by atoms with Crippen LogP contribution in [0.25, 0.3) is 0 Å². The summed E-state index contributed by atoms with van der Waals surface area (Å²) >= 11 is 12.2. The molecule has 1 fully saturated rings. The Balaban J connectivity index is 1.55. The molecule has 1 saturated heterocycles. The van der Waals surface area contributed by atoms with Gasteiger partial charge in [-0.1, -0.05) is 11.6 Å². The Kier molecular flexibility index (Phi) is 7.03. The number of anilines is 3. The minimum absolute atomic E-state index is 0.120. The van der Waals surface area contributed by atoms with Crippen LogP contribution in [-0.4, -0.2) is 53.2 Å². The van der Waals surface area contributed by atoms with Crippen LogP contribution in [0, 0.1) is 6.92 Å². The van der Waals surface area contributed by atoms with Gasteiger partial charge in [-0.2, -0.15) is 15.1 Å². The number of hydrogen-bond donors (Lipinski definition) is 3. The van der Waals surface area contributed by atoms with Crippen LogP contribution in [0.15, 0.2) is 0 Å². The van der Waals surface area contributed by atoms with Crippen LogP contribution in [0.3, 0.4) is 0 Å². The third-order valence-corrected chi connectivity index (χ3v) is 5.01. The first-order valence-corrected chi connectivity index (χ1v) is 9.96. The van der Waals surface area contributed by atoms with E-state index in [-0.39, 0.29) is 11.3 Å². The summed E-state index contributed by atoms with van der Waals surface area (Å²) in [7, 11) is 1.72. The zero-order valence-corrected chi connectivity index (χ0v) is 17.5. The van der Waals surface area contributed by atoms with E-state index in [0.717, 1.165) is 25.1 Å². The highest BCUT2D eigenvalue weighted by Crippen LogP contribution is 2.32. The lowest BCUT2D eigenvalue weighted by atomic mass is 10.1. The lowest BCUT2D eigenvalue weighted by molar-refractivity contribution is 0.0510. The van der Waals surface area contributed by atoms with Gasteiger partial charge in [0.15, 0.2) is 11.6 Å². The Morgan fingerprint density at radius 1 is 1.32 bits per heavy atom. The van der Waals surface area contributed by atoms with Crippen LogP contribution < -0.4 is 21.1 Å². The Morgan fingerprint density at radius 3 is 2.82 bits per heavy atom. The quantitative estimate of drug-likeness (QED) is 0.433. The summed E-state index contributed by atoms with van der Waals surface area (Å²) in [5, 5.41) is 11.1. The van der Waals surface area contributed by atoms with Crippen molar-refractivity contribution >= 4 is 40.5 Å². The number of ether oxygens (including phenoxy) is 2. The minimum Gasteiger partial charge on any atom is -0.476 e. The van der Waals surface area contributed by atoms with E-state index < -0.39 is 0 Å². The normalized spacial score (nSPS) is 16.8. The van der Waals surface area contributed by atoms with E-state index in [2.05, 4.69) is 25.7 Å². The molecule has 0 spiro atoms. The maximum Gasteiger partial charge on any atom is 0.236 e. The summed E-state index contributed by atoms with van der Waals surface area (Å²) in [5.74, 6) is 1.56. The van der Waals surface area contributed by atoms with E-state index in [1.807, 2.05) is 11.6 Å². The summed E-state index contributed by atoms with van der Waals surface area (Å²) in [4.78, 5) is 8.13. The first-order valence-electron chi connectivity index (χ1n) is 9.21. The molecule has 3 rings (SSSR count). The lowest BCUT2D eigenvalue weighted by Gasteiger charge is -2.24. The fourth-order valence-electron chi connectivity index (χ4n) is 3.00.